The molecule has 0 spiro atoms. The van der Waals surface area contributed by atoms with Gasteiger partial charge in [-0.3, -0.25) is 0 Å². The van der Waals surface area contributed by atoms with Crippen molar-refractivity contribution in [1.82, 2.24) is 0 Å². The molecule has 1 atom stereocenters. The van der Waals surface area contributed by atoms with Gasteiger partial charge in [0, 0.05) is 0 Å². The summed E-state index contributed by atoms with van der Waals surface area (Å²) in [4.78, 5) is 0. The van der Waals surface area contributed by atoms with Crippen LogP contribution >= 0.6 is 15.9 Å². The van der Waals surface area contributed by atoms with Crippen molar-refractivity contribution in [1.29, 1.82) is 0 Å². The van der Waals surface area contributed by atoms with Gasteiger partial charge in [0.05, 0.1) is 10.5 Å². The van der Waals surface area contributed by atoms with Gasteiger partial charge in [-0.1, -0.05) is 36.6 Å². The Kier molecular flexibility index (Phi) is 4.95. The molecule has 1 aliphatic rings. The largest absolute Gasteiger partial charge is 0.321 e. The van der Waals surface area contributed by atoms with Crippen LogP contribution in [0.5, 0.6) is 0 Å². The van der Waals surface area contributed by atoms with Crippen molar-refractivity contribution in [2.75, 3.05) is 0 Å². The molecule has 0 amide bonds. The van der Waals surface area contributed by atoms with E-state index in [1.165, 1.54) is 37.3 Å². The fourth-order valence-electron chi connectivity index (χ4n) is 2.46. The number of rotatable bonds is 2. The Bertz CT molecular complexity index is 442. The van der Waals surface area contributed by atoms with Crippen LogP contribution in [0.2, 0.25) is 0 Å². The highest BCUT2D eigenvalue weighted by Crippen LogP contribution is 2.32. The SMILES string of the molecule is NC(/C1=C/CCCCCC1)c1cccc(F)c1Br. The monoisotopic (exact) mass is 311 g/mol. The van der Waals surface area contributed by atoms with Gasteiger partial charge in [0.25, 0.3) is 0 Å². The summed E-state index contributed by atoms with van der Waals surface area (Å²) < 4.78 is 14.0. The number of nitrogens with two attached hydrogens (primary N) is 1. The van der Waals surface area contributed by atoms with Crippen molar-refractivity contribution in [2.24, 2.45) is 5.73 Å². The summed E-state index contributed by atoms with van der Waals surface area (Å²) >= 11 is 3.30. The highest BCUT2D eigenvalue weighted by molar-refractivity contribution is 9.10. The van der Waals surface area contributed by atoms with Gasteiger partial charge in [-0.2, -0.15) is 0 Å². The van der Waals surface area contributed by atoms with Crippen LogP contribution in [0.3, 0.4) is 0 Å². The molecule has 98 valence electrons. The van der Waals surface area contributed by atoms with Gasteiger partial charge >= 0.3 is 0 Å². The molecule has 0 aliphatic heterocycles. The molecule has 2 rings (SSSR count). The zero-order valence-electron chi connectivity index (χ0n) is 10.5. The molecule has 0 bridgehead atoms. The Morgan fingerprint density at radius 3 is 2.78 bits per heavy atom. The predicted molar refractivity (Wildman–Crippen MR) is 76.8 cm³/mol. The molecule has 0 saturated heterocycles. The van der Waals surface area contributed by atoms with E-state index in [0.29, 0.717) is 4.47 Å². The number of benzene rings is 1. The third kappa shape index (κ3) is 3.21. The smallest absolute Gasteiger partial charge is 0.137 e. The molecule has 1 aromatic carbocycles. The normalized spacial score (nSPS) is 21.6. The van der Waals surface area contributed by atoms with Gasteiger partial charge in [-0.05, 0) is 53.2 Å². The van der Waals surface area contributed by atoms with Crippen molar-refractivity contribution in [3.05, 3.63) is 45.7 Å². The molecule has 1 nitrogen and oxygen atoms in total. The molecule has 0 aromatic heterocycles. The summed E-state index contributed by atoms with van der Waals surface area (Å²) in [5, 5.41) is 0. The summed E-state index contributed by atoms with van der Waals surface area (Å²) in [5.41, 5.74) is 8.39. The van der Waals surface area contributed by atoms with Crippen molar-refractivity contribution >= 4 is 15.9 Å². The number of hydrogen-bond donors (Lipinski definition) is 1. The second-order valence-corrected chi connectivity index (χ2v) is 5.65. The average molecular weight is 312 g/mol. The van der Waals surface area contributed by atoms with Crippen LogP contribution in [0.4, 0.5) is 4.39 Å². The number of hydrogen-bond acceptors (Lipinski definition) is 1. The van der Waals surface area contributed by atoms with E-state index in [1.54, 1.807) is 6.07 Å². The molecule has 0 heterocycles. The summed E-state index contributed by atoms with van der Waals surface area (Å²) in [6, 6.07) is 4.89. The van der Waals surface area contributed by atoms with E-state index in [9.17, 15) is 4.39 Å². The van der Waals surface area contributed by atoms with Crippen LogP contribution in [0.25, 0.3) is 0 Å². The van der Waals surface area contributed by atoms with E-state index in [4.69, 9.17) is 5.73 Å². The van der Waals surface area contributed by atoms with Crippen molar-refractivity contribution in [3.8, 4) is 0 Å². The molecule has 3 heteroatoms. The minimum atomic E-state index is -0.241. The maximum Gasteiger partial charge on any atom is 0.137 e. The standard InChI is InChI=1S/C15H19BrFN/c16-14-12(9-6-10-13(14)17)15(18)11-7-4-2-1-3-5-8-11/h6-7,9-10,15H,1-5,8,18H2/b11-7+. The molecule has 18 heavy (non-hydrogen) atoms. The van der Waals surface area contributed by atoms with Crippen LogP contribution in [-0.2, 0) is 0 Å². The molecule has 0 saturated carbocycles. The van der Waals surface area contributed by atoms with Crippen LogP contribution < -0.4 is 5.73 Å². The van der Waals surface area contributed by atoms with E-state index >= 15 is 0 Å². The van der Waals surface area contributed by atoms with Crippen LogP contribution in [0.15, 0.2) is 34.3 Å². The first-order chi connectivity index (χ1) is 8.70. The van der Waals surface area contributed by atoms with Crippen molar-refractivity contribution < 1.29 is 4.39 Å². The Morgan fingerprint density at radius 2 is 1.94 bits per heavy atom. The lowest BCUT2D eigenvalue weighted by atomic mass is 9.91. The van der Waals surface area contributed by atoms with Gasteiger partial charge in [-0.15, -0.1) is 0 Å². The van der Waals surface area contributed by atoms with Gasteiger partial charge in [-0.25, -0.2) is 4.39 Å². The van der Waals surface area contributed by atoms with E-state index in [2.05, 4.69) is 22.0 Å². The molecule has 1 aliphatic carbocycles. The Morgan fingerprint density at radius 1 is 1.17 bits per heavy atom. The van der Waals surface area contributed by atoms with E-state index < -0.39 is 0 Å². The maximum atomic E-state index is 13.5. The minimum Gasteiger partial charge on any atom is -0.321 e. The zero-order valence-corrected chi connectivity index (χ0v) is 12.0. The number of allylic oxidation sites excluding steroid dienone is 1. The quantitative estimate of drug-likeness (QED) is 0.775. The Labute approximate surface area is 116 Å². The lowest BCUT2D eigenvalue weighted by Crippen LogP contribution is -2.15. The fourth-order valence-corrected chi connectivity index (χ4v) is 2.97. The van der Waals surface area contributed by atoms with Crippen LogP contribution in [-0.4, -0.2) is 0 Å². The summed E-state index contributed by atoms with van der Waals surface area (Å²) in [6.45, 7) is 0. The van der Waals surface area contributed by atoms with Crippen LogP contribution in [0, 0.1) is 5.82 Å². The Hall–Kier alpha value is -0.670. The topological polar surface area (TPSA) is 26.0 Å². The highest BCUT2D eigenvalue weighted by atomic mass is 79.9. The first kappa shape index (κ1) is 13.8. The molecule has 1 unspecified atom stereocenters. The minimum absolute atomic E-state index is 0.187. The maximum absolute atomic E-state index is 13.5. The second-order valence-electron chi connectivity index (χ2n) is 4.85. The molecular weight excluding hydrogens is 293 g/mol. The van der Waals surface area contributed by atoms with Gasteiger partial charge < -0.3 is 5.73 Å². The highest BCUT2D eigenvalue weighted by Gasteiger charge is 2.17. The van der Waals surface area contributed by atoms with Gasteiger partial charge in [0.1, 0.15) is 5.82 Å². The van der Waals surface area contributed by atoms with Crippen molar-refractivity contribution in [3.63, 3.8) is 0 Å². The average Bonchev–Trinajstić information content (AvgIpc) is 2.31. The van der Waals surface area contributed by atoms with E-state index in [0.717, 1.165) is 18.4 Å². The molecular formula is C15H19BrFN. The second kappa shape index (κ2) is 6.48. The molecule has 0 fully saturated rings. The third-order valence-electron chi connectivity index (χ3n) is 3.54. The summed E-state index contributed by atoms with van der Waals surface area (Å²) in [7, 11) is 0. The lowest BCUT2D eigenvalue weighted by Gasteiger charge is -2.20. The van der Waals surface area contributed by atoms with E-state index in [1.807, 2.05) is 6.07 Å². The van der Waals surface area contributed by atoms with Crippen molar-refractivity contribution in [2.45, 2.75) is 44.6 Å². The Balaban J connectivity index is 2.23. The third-order valence-corrected chi connectivity index (χ3v) is 4.38. The van der Waals surface area contributed by atoms with Gasteiger partial charge in [0.2, 0.25) is 0 Å². The molecule has 2 N–H and O–H groups in total. The zero-order chi connectivity index (χ0) is 13.0. The first-order valence-electron chi connectivity index (χ1n) is 6.58. The molecule has 0 radical (unpaired) electrons. The fraction of sp³-hybridized carbons (Fsp3) is 0.467. The number of halogens is 2. The first-order valence-corrected chi connectivity index (χ1v) is 7.38. The lowest BCUT2D eigenvalue weighted by molar-refractivity contribution is 0.595. The van der Waals surface area contributed by atoms with Crippen LogP contribution in [0.1, 0.15) is 50.1 Å². The summed E-state index contributed by atoms with van der Waals surface area (Å²) in [6.07, 6.45) is 9.38. The molecule has 1 aromatic rings. The van der Waals surface area contributed by atoms with E-state index in [-0.39, 0.29) is 11.9 Å². The predicted octanol–water partition coefficient (Wildman–Crippen LogP) is 4.87. The van der Waals surface area contributed by atoms with Gasteiger partial charge in [0.15, 0.2) is 0 Å². The summed E-state index contributed by atoms with van der Waals surface area (Å²) in [5.74, 6) is -0.241.